The maximum atomic E-state index is 8.60. The van der Waals surface area contributed by atoms with Gasteiger partial charge in [-0.15, -0.1) is 0 Å². The van der Waals surface area contributed by atoms with E-state index < -0.39 is 0 Å². The first-order valence-electron chi connectivity index (χ1n) is 6.74. The lowest BCUT2D eigenvalue weighted by molar-refractivity contribution is 0.0124. The molecule has 0 saturated carbocycles. The fraction of sp³-hybridized carbons (Fsp3) is 0.500. The number of aliphatic hydroxyl groups is 1. The van der Waals surface area contributed by atoms with E-state index in [0.29, 0.717) is 26.4 Å². The SMILES string of the molecule is CC(C)OCCOCCOc1ccc(C#CCO)cc1. The topological polar surface area (TPSA) is 47.9 Å². The molecule has 0 fully saturated rings. The summed E-state index contributed by atoms with van der Waals surface area (Å²) in [6.07, 6.45) is 0.238. The van der Waals surface area contributed by atoms with Gasteiger partial charge in [0.2, 0.25) is 0 Å². The number of ether oxygens (including phenoxy) is 3. The van der Waals surface area contributed by atoms with Gasteiger partial charge in [0.05, 0.1) is 25.9 Å². The third kappa shape index (κ3) is 7.80. The zero-order valence-electron chi connectivity index (χ0n) is 12.1. The van der Waals surface area contributed by atoms with Crippen molar-refractivity contribution in [1.82, 2.24) is 0 Å². The Hall–Kier alpha value is -1.54. The second-order valence-electron chi connectivity index (χ2n) is 4.36. The highest BCUT2D eigenvalue weighted by Gasteiger charge is 1.96. The molecule has 1 aromatic carbocycles. The molecule has 1 rings (SSSR count). The summed E-state index contributed by atoms with van der Waals surface area (Å²) in [7, 11) is 0. The molecule has 0 heterocycles. The lowest BCUT2D eigenvalue weighted by Gasteiger charge is -2.09. The van der Waals surface area contributed by atoms with Crippen LogP contribution < -0.4 is 4.74 Å². The summed E-state index contributed by atoms with van der Waals surface area (Å²) >= 11 is 0. The predicted molar refractivity (Wildman–Crippen MR) is 77.8 cm³/mol. The van der Waals surface area contributed by atoms with Crippen LogP contribution in [-0.2, 0) is 9.47 Å². The molecule has 0 aromatic heterocycles. The van der Waals surface area contributed by atoms with Crippen LogP contribution in [0.25, 0.3) is 0 Å². The first-order chi connectivity index (χ1) is 9.72. The van der Waals surface area contributed by atoms with Crippen LogP contribution in [0.3, 0.4) is 0 Å². The molecule has 0 atom stereocenters. The van der Waals surface area contributed by atoms with Gasteiger partial charge in [-0.25, -0.2) is 0 Å². The first kappa shape index (κ1) is 16.5. The molecule has 4 nitrogen and oxygen atoms in total. The summed E-state index contributed by atoms with van der Waals surface area (Å²) in [5.74, 6) is 6.20. The second kappa shape index (κ2) is 10.3. The Labute approximate surface area is 120 Å². The van der Waals surface area contributed by atoms with Gasteiger partial charge in [-0.3, -0.25) is 0 Å². The number of benzene rings is 1. The minimum Gasteiger partial charge on any atom is -0.491 e. The molecule has 0 bridgehead atoms. The van der Waals surface area contributed by atoms with E-state index in [1.54, 1.807) is 0 Å². The van der Waals surface area contributed by atoms with Crippen LogP contribution >= 0.6 is 0 Å². The van der Waals surface area contributed by atoms with E-state index in [0.717, 1.165) is 11.3 Å². The molecule has 0 amide bonds. The minimum absolute atomic E-state index is 0.129. The highest BCUT2D eigenvalue weighted by molar-refractivity contribution is 5.38. The zero-order chi connectivity index (χ0) is 14.6. The Morgan fingerprint density at radius 3 is 2.40 bits per heavy atom. The van der Waals surface area contributed by atoms with Crippen LogP contribution in [0.15, 0.2) is 24.3 Å². The highest BCUT2D eigenvalue weighted by atomic mass is 16.5. The molecule has 0 radical (unpaired) electrons. The predicted octanol–water partition coefficient (Wildman–Crippen LogP) is 1.85. The van der Waals surface area contributed by atoms with Crippen LogP contribution in [0.2, 0.25) is 0 Å². The van der Waals surface area contributed by atoms with E-state index in [1.165, 1.54) is 0 Å². The Balaban J connectivity index is 2.13. The Kier molecular flexibility index (Phi) is 8.48. The third-order valence-corrected chi connectivity index (χ3v) is 2.34. The van der Waals surface area contributed by atoms with Crippen LogP contribution in [0.1, 0.15) is 19.4 Å². The van der Waals surface area contributed by atoms with Gasteiger partial charge in [-0.1, -0.05) is 11.8 Å². The van der Waals surface area contributed by atoms with Crippen molar-refractivity contribution in [3.63, 3.8) is 0 Å². The molecular formula is C16H22O4. The smallest absolute Gasteiger partial charge is 0.119 e. The molecule has 0 spiro atoms. The summed E-state index contributed by atoms with van der Waals surface area (Å²) in [4.78, 5) is 0. The molecule has 0 aliphatic heterocycles. The summed E-state index contributed by atoms with van der Waals surface area (Å²) in [5, 5.41) is 8.60. The van der Waals surface area contributed by atoms with Gasteiger partial charge in [0.1, 0.15) is 19.0 Å². The van der Waals surface area contributed by atoms with Crippen molar-refractivity contribution in [3.8, 4) is 17.6 Å². The van der Waals surface area contributed by atoms with Gasteiger partial charge < -0.3 is 19.3 Å². The van der Waals surface area contributed by atoms with Crippen molar-refractivity contribution in [2.45, 2.75) is 20.0 Å². The molecule has 20 heavy (non-hydrogen) atoms. The zero-order valence-corrected chi connectivity index (χ0v) is 12.1. The molecule has 0 saturated heterocycles. The van der Waals surface area contributed by atoms with Crippen LogP contribution in [-0.4, -0.2) is 44.2 Å². The summed E-state index contributed by atoms with van der Waals surface area (Å²) in [5.41, 5.74) is 0.855. The van der Waals surface area contributed by atoms with Gasteiger partial charge in [0.15, 0.2) is 0 Å². The van der Waals surface area contributed by atoms with E-state index in [4.69, 9.17) is 19.3 Å². The molecule has 110 valence electrons. The maximum Gasteiger partial charge on any atom is 0.119 e. The van der Waals surface area contributed by atoms with Gasteiger partial charge >= 0.3 is 0 Å². The van der Waals surface area contributed by atoms with Crippen molar-refractivity contribution in [3.05, 3.63) is 29.8 Å². The maximum absolute atomic E-state index is 8.60. The van der Waals surface area contributed by atoms with Gasteiger partial charge in [-0.05, 0) is 38.1 Å². The number of hydrogen-bond acceptors (Lipinski definition) is 4. The van der Waals surface area contributed by atoms with E-state index >= 15 is 0 Å². The first-order valence-corrected chi connectivity index (χ1v) is 6.74. The normalized spacial score (nSPS) is 10.2. The van der Waals surface area contributed by atoms with Crippen LogP contribution in [0, 0.1) is 11.8 Å². The van der Waals surface area contributed by atoms with Crippen molar-refractivity contribution in [2.24, 2.45) is 0 Å². The van der Waals surface area contributed by atoms with E-state index in [2.05, 4.69) is 11.8 Å². The average molecular weight is 278 g/mol. The molecule has 4 heteroatoms. The second-order valence-corrected chi connectivity index (χ2v) is 4.36. The summed E-state index contributed by atoms with van der Waals surface area (Å²) in [6.45, 7) is 6.09. The molecule has 0 aliphatic rings. The molecular weight excluding hydrogens is 256 g/mol. The largest absolute Gasteiger partial charge is 0.491 e. The average Bonchev–Trinajstić information content (AvgIpc) is 2.45. The van der Waals surface area contributed by atoms with Crippen molar-refractivity contribution in [1.29, 1.82) is 0 Å². The van der Waals surface area contributed by atoms with E-state index in [1.807, 2.05) is 38.1 Å². The Bertz CT molecular complexity index is 414. The lowest BCUT2D eigenvalue weighted by atomic mass is 10.2. The number of aliphatic hydroxyl groups excluding tert-OH is 1. The molecule has 1 N–H and O–H groups in total. The van der Waals surface area contributed by atoms with Crippen LogP contribution in [0.5, 0.6) is 5.75 Å². The van der Waals surface area contributed by atoms with Gasteiger partial charge in [-0.2, -0.15) is 0 Å². The van der Waals surface area contributed by atoms with Crippen molar-refractivity contribution in [2.75, 3.05) is 33.0 Å². The summed E-state index contributed by atoms with van der Waals surface area (Å²) < 4.78 is 16.3. The molecule has 0 aliphatic carbocycles. The van der Waals surface area contributed by atoms with Crippen LogP contribution in [0.4, 0.5) is 0 Å². The standard InChI is InChI=1S/C16H22O4/c1-14(2)19-12-10-18-11-13-20-16-7-5-15(6-8-16)4-3-9-17/h5-8,14,17H,9-13H2,1-2H3. The monoisotopic (exact) mass is 278 g/mol. The summed E-state index contributed by atoms with van der Waals surface area (Å²) in [6, 6.07) is 7.41. The minimum atomic E-state index is -0.129. The fourth-order valence-corrected chi connectivity index (χ4v) is 1.44. The van der Waals surface area contributed by atoms with E-state index in [9.17, 15) is 0 Å². The lowest BCUT2D eigenvalue weighted by Crippen LogP contribution is -2.13. The third-order valence-electron chi connectivity index (χ3n) is 2.34. The number of rotatable bonds is 8. The Morgan fingerprint density at radius 1 is 1.05 bits per heavy atom. The van der Waals surface area contributed by atoms with Crippen molar-refractivity contribution < 1.29 is 19.3 Å². The van der Waals surface area contributed by atoms with Gasteiger partial charge in [0, 0.05) is 5.56 Å². The molecule has 0 unspecified atom stereocenters. The molecule has 1 aromatic rings. The highest BCUT2D eigenvalue weighted by Crippen LogP contribution is 2.11. The fourth-order valence-electron chi connectivity index (χ4n) is 1.44. The number of hydrogen-bond donors (Lipinski definition) is 1. The van der Waals surface area contributed by atoms with E-state index in [-0.39, 0.29) is 12.7 Å². The van der Waals surface area contributed by atoms with Gasteiger partial charge in [0.25, 0.3) is 0 Å². The Morgan fingerprint density at radius 2 is 1.75 bits per heavy atom. The van der Waals surface area contributed by atoms with Crippen molar-refractivity contribution >= 4 is 0 Å². The quantitative estimate of drug-likeness (QED) is 0.582.